The molecular weight excluding hydrogens is 258 g/mol. The summed E-state index contributed by atoms with van der Waals surface area (Å²) in [4.78, 5) is 23.6. The standard InChI is InChI=1S/C15H23NO4/c17-9-10-5-1-4-8-13(10)16-14(18)11-6-2-3-7-12(11)15(19)20/h2-3,10-13,17H,1,4-9H2,(H,16,18)(H,19,20)/t10?,11-,12+,13?/m1/s1. The van der Waals surface area contributed by atoms with E-state index < -0.39 is 17.8 Å². The first-order chi connectivity index (χ1) is 9.63. The third-order valence-corrected chi connectivity index (χ3v) is 4.56. The molecule has 1 amide bonds. The summed E-state index contributed by atoms with van der Waals surface area (Å²) in [7, 11) is 0. The van der Waals surface area contributed by atoms with Crippen LogP contribution in [0.1, 0.15) is 38.5 Å². The molecule has 2 aliphatic rings. The zero-order valence-electron chi connectivity index (χ0n) is 11.6. The number of amides is 1. The Bertz CT molecular complexity index is 393. The first kappa shape index (κ1) is 15.0. The monoisotopic (exact) mass is 281 g/mol. The number of carbonyl (C=O) groups is 2. The molecule has 20 heavy (non-hydrogen) atoms. The van der Waals surface area contributed by atoms with Gasteiger partial charge in [-0.1, -0.05) is 25.0 Å². The first-order valence-corrected chi connectivity index (χ1v) is 7.42. The minimum absolute atomic E-state index is 0.0124. The highest BCUT2D eigenvalue weighted by atomic mass is 16.4. The van der Waals surface area contributed by atoms with Crippen LogP contribution in [0.3, 0.4) is 0 Å². The quantitative estimate of drug-likeness (QED) is 0.678. The number of aliphatic hydroxyl groups excluding tert-OH is 1. The Morgan fingerprint density at radius 3 is 2.40 bits per heavy atom. The van der Waals surface area contributed by atoms with Crippen LogP contribution in [0.5, 0.6) is 0 Å². The Kier molecular flexibility index (Phi) is 5.17. The lowest BCUT2D eigenvalue weighted by molar-refractivity contribution is -0.147. The van der Waals surface area contributed by atoms with E-state index in [0.717, 1.165) is 25.7 Å². The van der Waals surface area contributed by atoms with E-state index in [1.807, 2.05) is 12.2 Å². The summed E-state index contributed by atoms with van der Waals surface area (Å²) in [6.07, 6.45) is 8.55. The molecule has 4 atom stereocenters. The zero-order valence-corrected chi connectivity index (χ0v) is 11.6. The van der Waals surface area contributed by atoms with Crippen LogP contribution in [0.2, 0.25) is 0 Å². The van der Waals surface area contributed by atoms with Crippen molar-refractivity contribution in [2.75, 3.05) is 6.61 Å². The fraction of sp³-hybridized carbons (Fsp3) is 0.733. The van der Waals surface area contributed by atoms with Crippen LogP contribution < -0.4 is 5.32 Å². The van der Waals surface area contributed by atoms with Gasteiger partial charge in [-0.05, 0) is 25.7 Å². The molecule has 0 aliphatic heterocycles. The van der Waals surface area contributed by atoms with E-state index >= 15 is 0 Å². The average Bonchev–Trinajstić information content (AvgIpc) is 2.47. The second-order valence-electron chi connectivity index (χ2n) is 5.84. The fourth-order valence-corrected chi connectivity index (χ4v) is 3.28. The lowest BCUT2D eigenvalue weighted by Gasteiger charge is -2.33. The lowest BCUT2D eigenvalue weighted by atomic mass is 9.80. The third-order valence-electron chi connectivity index (χ3n) is 4.56. The van der Waals surface area contributed by atoms with Crippen molar-refractivity contribution in [1.82, 2.24) is 5.32 Å². The Labute approximate surface area is 119 Å². The number of carbonyl (C=O) groups excluding carboxylic acids is 1. The summed E-state index contributed by atoms with van der Waals surface area (Å²) in [5.74, 6) is -2.09. The number of allylic oxidation sites excluding steroid dienone is 2. The van der Waals surface area contributed by atoms with Crippen LogP contribution in [0.25, 0.3) is 0 Å². The van der Waals surface area contributed by atoms with Crippen molar-refractivity contribution in [2.24, 2.45) is 17.8 Å². The Hall–Kier alpha value is -1.36. The van der Waals surface area contributed by atoms with Gasteiger partial charge in [-0.2, -0.15) is 0 Å². The first-order valence-electron chi connectivity index (χ1n) is 7.42. The molecule has 0 heterocycles. The van der Waals surface area contributed by atoms with Crippen molar-refractivity contribution in [3.63, 3.8) is 0 Å². The summed E-state index contributed by atoms with van der Waals surface area (Å²) < 4.78 is 0. The van der Waals surface area contributed by atoms with E-state index in [4.69, 9.17) is 0 Å². The predicted octanol–water partition coefficient (Wildman–Crippen LogP) is 1.32. The third kappa shape index (κ3) is 3.39. The van der Waals surface area contributed by atoms with Gasteiger partial charge in [0.15, 0.2) is 0 Å². The molecule has 5 nitrogen and oxygen atoms in total. The van der Waals surface area contributed by atoms with E-state index in [-0.39, 0.29) is 24.5 Å². The second kappa shape index (κ2) is 6.88. The number of hydrogen-bond acceptors (Lipinski definition) is 3. The molecule has 0 aromatic heterocycles. The number of nitrogens with one attached hydrogen (secondary N) is 1. The van der Waals surface area contributed by atoms with Gasteiger partial charge in [-0.25, -0.2) is 0 Å². The highest BCUT2D eigenvalue weighted by Crippen LogP contribution is 2.28. The molecule has 3 N–H and O–H groups in total. The molecule has 0 radical (unpaired) electrons. The number of rotatable bonds is 4. The minimum Gasteiger partial charge on any atom is -0.481 e. The van der Waals surface area contributed by atoms with Crippen LogP contribution in [-0.4, -0.2) is 34.7 Å². The van der Waals surface area contributed by atoms with Gasteiger partial charge in [-0.15, -0.1) is 0 Å². The fourth-order valence-electron chi connectivity index (χ4n) is 3.28. The lowest BCUT2D eigenvalue weighted by Crippen LogP contribution is -2.48. The second-order valence-corrected chi connectivity index (χ2v) is 5.84. The van der Waals surface area contributed by atoms with Crippen molar-refractivity contribution in [3.05, 3.63) is 12.2 Å². The van der Waals surface area contributed by atoms with Crippen LogP contribution in [-0.2, 0) is 9.59 Å². The normalized spacial score (nSPS) is 33.6. The molecule has 1 saturated carbocycles. The largest absolute Gasteiger partial charge is 0.481 e. The maximum Gasteiger partial charge on any atom is 0.307 e. The minimum atomic E-state index is -0.906. The van der Waals surface area contributed by atoms with Crippen molar-refractivity contribution in [2.45, 2.75) is 44.6 Å². The number of hydrogen-bond donors (Lipinski definition) is 3. The Balaban J connectivity index is 1.99. The molecule has 1 fully saturated rings. The van der Waals surface area contributed by atoms with Crippen molar-refractivity contribution in [1.29, 1.82) is 0 Å². The Morgan fingerprint density at radius 2 is 1.75 bits per heavy atom. The molecule has 112 valence electrons. The Morgan fingerprint density at radius 1 is 1.10 bits per heavy atom. The summed E-state index contributed by atoms with van der Waals surface area (Å²) in [5.41, 5.74) is 0. The van der Waals surface area contributed by atoms with E-state index in [9.17, 15) is 19.8 Å². The molecule has 5 heteroatoms. The molecule has 0 saturated heterocycles. The number of aliphatic carboxylic acids is 1. The average molecular weight is 281 g/mol. The van der Waals surface area contributed by atoms with E-state index in [2.05, 4.69) is 5.32 Å². The smallest absolute Gasteiger partial charge is 0.307 e. The molecular formula is C15H23NO4. The predicted molar refractivity (Wildman–Crippen MR) is 74.0 cm³/mol. The van der Waals surface area contributed by atoms with Gasteiger partial charge >= 0.3 is 5.97 Å². The van der Waals surface area contributed by atoms with Crippen LogP contribution >= 0.6 is 0 Å². The molecule has 2 unspecified atom stereocenters. The molecule has 0 aromatic carbocycles. The van der Waals surface area contributed by atoms with Gasteiger partial charge in [0.25, 0.3) is 0 Å². The van der Waals surface area contributed by atoms with E-state index in [0.29, 0.717) is 12.8 Å². The van der Waals surface area contributed by atoms with Gasteiger partial charge in [0.1, 0.15) is 0 Å². The SMILES string of the molecule is O=C(O)[C@H]1CC=CC[C@H]1C(=O)NC1CCCCC1CO. The summed E-state index contributed by atoms with van der Waals surface area (Å²) in [6, 6.07) is -0.0124. The van der Waals surface area contributed by atoms with Crippen molar-refractivity contribution in [3.8, 4) is 0 Å². The van der Waals surface area contributed by atoms with Gasteiger partial charge in [0.2, 0.25) is 5.91 Å². The van der Waals surface area contributed by atoms with Gasteiger partial charge in [0.05, 0.1) is 11.8 Å². The summed E-state index contributed by atoms with van der Waals surface area (Å²) >= 11 is 0. The molecule has 0 bridgehead atoms. The molecule has 2 rings (SSSR count). The molecule has 0 spiro atoms. The van der Waals surface area contributed by atoms with Crippen LogP contribution in [0, 0.1) is 17.8 Å². The van der Waals surface area contributed by atoms with E-state index in [1.54, 1.807) is 0 Å². The number of aliphatic hydroxyl groups is 1. The van der Waals surface area contributed by atoms with Gasteiger partial charge in [-0.3, -0.25) is 9.59 Å². The zero-order chi connectivity index (χ0) is 14.5. The topological polar surface area (TPSA) is 86.6 Å². The van der Waals surface area contributed by atoms with Crippen molar-refractivity contribution >= 4 is 11.9 Å². The summed E-state index contributed by atoms with van der Waals surface area (Å²) in [6.45, 7) is 0.0812. The molecule has 0 aromatic rings. The maximum absolute atomic E-state index is 12.4. The van der Waals surface area contributed by atoms with E-state index in [1.165, 1.54) is 0 Å². The summed E-state index contributed by atoms with van der Waals surface area (Å²) in [5, 5.41) is 21.6. The van der Waals surface area contributed by atoms with Gasteiger partial charge < -0.3 is 15.5 Å². The van der Waals surface area contributed by atoms with Gasteiger partial charge in [0, 0.05) is 18.6 Å². The maximum atomic E-state index is 12.4. The molecule has 2 aliphatic carbocycles. The number of carboxylic acid groups (broad SMARTS) is 1. The van der Waals surface area contributed by atoms with Crippen molar-refractivity contribution < 1.29 is 19.8 Å². The van der Waals surface area contributed by atoms with Crippen LogP contribution in [0.15, 0.2) is 12.2 Å². The highest BCUT2D eigenvalue weighted by molar-refractivity contribution is 5.85. The number of carboxylic acids is 1. The van der Waals surface area contributed by atoms with Crippen LogP contribution in [0.4, 0.5) is 0 Å². The highest BCUT2D eigenvalue weighted by Gasteiger charge is 2.36.